The maximum Gasteiger partial charge on any atom is 0.183 e. The molecule has 2 rings (SSSR count). The number of ether oxygens (including phenoxy) is 3. The minimum atomic E-state index is -1.14. The van der Waals surface area contributed by atoms with E-state index in [2.05, 4.69) is 0 Å². The van der Waals surface area contributed by atoms with Crippen molar-refractivity contribution in [2.75, 3.05) is 33.7 Å². The van der Waals surface area contributed by atoms with Crippen molar-refractivity contribution < 1.29 is 23.0 Å². The molecule has 0 saturated carbocycles. The summed E-state index contributed by atoms with van der Waals surface area (Å²) in [5.74, 6) is 0.733. The molecule has 0 radical (unpaired) electrons. The summed E-state index contributed by atoms with van der Waals surface area (Å²) < 4.78 is 41.3. The minimum absolute atomic E-state index is 0.0245. The standard InChI is InChI=1S/C13H16F2O3/c1-16-11-4-2-10(3-5-11)12-17-8-13(6-14,7-15)9-18-12/h2-5,12H,6-9H2,1H3. The van der Waals surface area contributed by atoms with Gasteiger partial charge < -0.3 is 14.2 Å². The summed E-state index contributed by atoms with van der Waals surface area (Å²) in [6.45, 7) is -1.51. The summed E-state index contributed by atoms with van der Waals surface area (Å²) in [5, 5.41) is 0. The fraction of sp³-hybridized carbons (Fsp3) is 0.538. The SMILES string of the molecule is COc1ccc(C2OCC(CF)(CF)CO2)cc1. The lowest BCUT2D eigenvalue weighted by molar-refractivity contribution is -0.240. The van der Waals surface area contributed by atoms with Crippen molar-refractivity contribution >= 4 is 0 Å². The number of hydrogen-bond donors (Lipinski definition) is 0. The molecule has 0 bridgehead atoms. The van der Waals surface area contributed by atoms with Gasteiger partial charge in [0.1, 0.15) is 19.1 Å². The Morgan fingerprint density at radius 1 is 1.17 bits per heavy atom. The van der Waals surface area contributed by atoms with Gasteiger partial charge in [0.05, 0.1) is 25.7 Å². The van der Waals surface area contributed by atoms with Crippen LogP contribution in [0.25, 0.3) is 0 Å². The van der Waals surface area contributed by atoms with Gasteiger partial charge in [0.15, 0.2) is 6.29 Å². The smallest absolute Gasteiger partial charge is 0.183 e. The Morgan fingerprint density at radius 3 is 2.17 bits per heavy atom. The molecular weight excluding hydrogens is 242 g/mol. The first kappa shape index (κ1) is 13.2. The van der Waals surface area contributed by atoms with Gasteiger partial charge in [0.25, 0.3) is 0 Å². The zero-order valence-corrected chi connectivity index (χ0v) is 10.2. The zero-order chi connectivity index (χ0) is 13.0. The Balaban J connectivity index is 2.00. The molecule has 18 heavy (non-hydrogen) atoms. The largest absolute Gasteiger partial charge is 0.497 e. The molecule has 0 atom stereocenters. The highest BCUT2D eigenvalue weighted by Crippen LogP contribution is 2.33. The first-order valence-corrected chi connectivity index (χ1v) is 5.72. The fourth-order valence-electron chi connectivity index (χ4n) is 1.74. The van der Waals surface area contributed by atoms with Crippen molar-refractivity contribution in [3.63, 3.8) is 0 Å². The Hall–Kier alpha value is -1.20. The second-order valence-electron chi connectivity index (χ2n) is 4.49. The van der Waals surface area contributed by atoms with E-state index in [1.54, 1.807) is 31.4 Å². The van der Waals surface area contributed by atoms with Crippen molar-refractivity contribution in [3.8, 4) is 5.75 Å². The van der Waals surface area contributed by atoms with Crippen LogP contribution in [0.2, 0.25) is 0 Å². The Morgan fingerprint density at radius 2 is 1.72 bits per heavy atom. The summed E-state index contributed by atoms with van der Waals surface area (Å²) >= 11 is 0. The first-order valence-electron chi connectivity index (χ1n) is 5.72. The van der Waals surface area contributed by atoms with Crippen molar-refractivity contribution in [3.05, 3.63) is 29.8 Å². The average Bonchev–Trinajstić information content (AvgIpc) is 2.47. The van der Waals surface area contributed by atoms with Gasteiger partial charge in [-0.2, -0.15) is 0 Å². The third kappa shape index (κ3) is 2.62. The summed E-state index contributed by atoms with van der Waals surface area (Å²) in [6.07, 6.45) is -0.567. The second kappa shape index (κ2) is 5.63. The molecule has 0 aliphatic carbocycles. The van der Waals surface area contributed by atoms with Gasteiger partial charge in [-0.3, -0.25) is 8.78 Å². The van der Waals surface area contributed by atoms with Crippen LogP contribution in [0.15, 0.2) is 24.3 Å². The molecule has 0 amide bonds. The molecule has 100 valence electrons. The summed E-state index contributed by atoms with van der Waals surface area (Å²) in [7, 11) is 1.58. The highest BCUT2D eigenvalue weighted by atomic mass is 19.1. The van der Waals surface area contributed by atoms with Crippen molar-refractivity contribution in [1.29, 1.82) is 0 Å². The predicted octanol–water partition coefficient (Wildman–Crippen LogP) is 2.67. The van der Waals surface area contributed by atoms with Crippen LogP contribution in [0.3, 0.4) is 0 Å². The van der Waals surface area contributed by atoms with Crippen molar-refractivity contribution in [1.82, 2.24) is 0 Å². The molecule has 1 aliphatic heterocycles. The van der Waals surface area contributed by atoms with E-state index in [0.29, 0.717) is 0 Å². The second-order valence-corrected chi connectivity index (χ2v) is 4.49. The maximum atomic E-state index is 12.7. The average molecular weight is 258 g/mol. The van der Waals surface area contributed by atoms with Crippen LogP contribution in [0.1, 0.15) is 11.9 Å². The van der Waals surface area contributed by atoms with Crippen LogP contribution in [-0.4, -0.2) is 33.7 Å². The number of hydrogen-bond acceptors (Lipinski definition) is 3. The lowest BCUT2D eigenvalue weighted by Gasteiger charge is -2.36. The van der Waals surface area contributed by atoms with Crippen LogP contribution in [0, 0.1) is 5.41 Å². The Bertz CT molecular complexity index is 366. The third-order valence-corrected chi connectivity index (χ3v) is 3.04. The van der Waals surface area contributed by atoms with E-state index >= 15 is 0 Å². The van der Waals surface area contributed by atoms with Crippen LogP contribution in [-0.2, 0) is 9.47 Å². The van der Waals surface area contributed by atoms with Gasteiger partial charge in [0.2, 0.25) is 0 Å². The quantitative estimate of drug-likeness (QED) is 0.831. The number of halogens is 2. The van der Waals surface area contributed by atoms with Gasteiger partial charge in [-0.05, 0) is 12.1 Å². The van der Waals surface area contributed by atoms with Gasteiger partial charge in [-0.15, -0.1) is 0 Å². The summed E-state index contributed by atoms with van der Waals surface area (Å²) in [5.41, 5.74) is -0.328. The molecule has 1 aromatic carbocycles. The van der Waals surface area contributed by atoms with Crippen molar-refractivity contribution in [2.24, 2.45) is 5.41 Å². The molecule has 5 heteroatoms. The molecule has 0 N–H and O–H groups in total. The zero-order valence-electron chi connectivity index (χ0n) is 10.2. The van der Waals surface area contributed by atoms with E-state index in [-0.39, 0.29) is 13.2 Å². The van der Waals surface area contributed by atoms with E-state index in [4.69, 9.17) is 14.2 Å². The third-order valence-electron chi connectivity index (χ3n) is 3.04. The summed E-state index contributed by atoms with van der Waals surface area (Å²) in [6, 6.07) is 7.19. The first-order chi connectivity index (χ1) is 8.73. The number of rotatable bonds is 4. The normalized spacial score (nSPS) is 19.7. The molecule has 1 aromatic rings. The molecule has 1 saturated heterocycles. The lowest BCUT2D eigenvalue weighted by atomic mass is 9.93. The molecule has 3 nitrogen and oxygen atoms in total. The maximum absolute atomic E-state index is 12.7. The summed E-state index contributed by atoms with van der Waals surface area (Å²) in [4.78, 5) is 0. The Kier molecular flexibility index (Phi) is 4.14. The lowest BCUT2D eigenvalue weighted by Crippen LogP contribution is -2.42. The van der Waals surface area contributed by atoms with E-state index in [1.807, 2.05) is 0 Å². The molecule has 1 aliphatic rings. The van der Waals surface area contributed by atoms with Gasteiger partial charge >= 0.3 is 0 Å². The van der Waals surface area contributed by atoms with Crippen LogP contribution in [0.4, 0.5) is 8.78 Å². The van der Waals surface area contributed by atoms with Gasteiger partial charge in [-0.1, -0.05) is 12.1 Å². The highest BCUT2D eigenvalue weighted by Gasteiger charge is 2.38. The van der Waals surface area contributed by atoms with Crippen molar-refractivity contribution in [2.45, 2.75) is 6.29 Å². The van der Waals surface area contributed by atoms with Crippen LogP contribution in [0.5, 0.6) is 5.75 Å². The molecular formula is C13H16F2O3. The number of methoxy groups -OCH3 is 1. The van der Waals surface area contributed by atoms with E-state index < -0.39 is 25.1 Å². The number of benzene rings is 1. The molecule has 1 fully saturated rings. The molecule has 0 aromatic heterocycles. The van der Waals surface area contributed by atoms with E-state index in [1.165, 1.54) is 0 Å². The molecule has 0 spiro atoms. The minimum Gasteiger partial charge on any atom is -0.497 e. The Labute approximate surface area is 105 Å². The van der Waals surface area contributed by atoms with Gasteiger partial charge in [0, 0.05) is 5.56 Å². The van der Waals surface area contributed by atoms with Gasteiger partial charge in [-0.25, -0.2) is 0 Å². The topological polar surface area (TPSA) is 27.7 Å². The fourth-order valence-corrected chi connectivity index (χ4v) is 1.74. The predicted molar refractivity (Wildman–Crippen MR) is 62.0 cm³/mol. The van der Waals surface area contributed by atoms with Crippen LogP contribution >= 0.6 is 0 Å². The van der Waals surface area contributed by atoms with E-state index in [9.17, 15) is 8.78 Å². The monoisotopic (exact) mass is 258 g/mol. The van der Waals surface area contributed by atoms with E-state index in [0.717, 1.165) is 11.3 Å². The van der Waals surface area contributed by atoms with Crippen LogP contribution < -0.4 is 4.74 Å². The molecule has 1 heterocycles. The highest BCUT2D eigenvalue weighted by molar-refractivity contribution is 5.27. The number of alkyl halides is 2. The molecule has 0 unspecified atom stereocenters.